The third kappa shape index (κ3) is 1.75. The van der Waals surface area contributed by atoms with Crippen LogP contribution < -0.4 is 0 Å². The van der Waals surface area contributed by atoms with Crippen LogP contribution in [0.4, 0.5) is 0 Å². The third-order valence-electron chi connectivity index (χ3n) is 2.02. The summed E-state index contributed by atoms with van der Waals surface area (Å²) < 4.78 is 0.234. The van der Waals surface area contributed by atoms with Crippen molar-refractivity contribution in [3.05, 3.63) is 12.2 Å². The van der Waals surface area contributed by atoms with E-state index in [1.54, 1.807) is 0 Å². The Morgan fingerprint density at radius 2 is 2.44 bits per heavy atom. The van der Waals surface area contributed by atoms with Gasteiger partial charge >= 0.3 is 0 Å². The smallest absolute Gasteiger partial charge is 0.0306 e. The standard InChI is InChI=1S/C8H14S/c1-2-8(9)6-4-3-5-7-8/h4,6,9H,2-3,5,7H2,1H3. The van der Waals surface area contributed by atoms with Crippen LogP contribution in [0.25, 0.3) is 0 Å². The van der Waals surface area contributed by atoms with Crippen molar-refractivity contribution in [1.29, 1.82) is 0 Å². The number of rotatable bonds is 1. The molecule has 52 valence electrons. The van der Waals surface area contributed by atoms with Crippen LogP contribution in [0, 0.1) is 0 Å². The first-order valence-electron chi connectivity index (χ1n) is 3.67. The Morgan fingerprint density at radius 3 is 2.78 bits per heavy atom. The van der Waals surface area contributed by atoms with Gasteiger partial charge in [0.1, 0.15) is 0 Å². The topological polar surface area (TPSA) is 0 Å². The molecule has 0 radical (unpaired) electrons. The Bertz CT molecular complexity index is 118. The summed E-state index contributed by atoms with van der Waals surface area (Å²) >= 11 is 4.56. The van der Waals surface area contributed by atoms with Crippen LogP contribution in [0.1, 0.15) is 32.6 Å². The van der Waals surface area contributed by atoms with E-state index in [2.05, 4.69) is 31.7 Å². The molecule has 0 amide bonds. The molecule has 0 nitrogen and oxygen atoms in total. The molecule has 0 saturated carbocycles. The highest BCUT2D eigenvalue weighted by Crippen LogP contribution is 2.30. The SMILES string of the molecule is CCC1(S)C=CCCC1. The van der Waals surface area contributed by atoms with Gasteiger partial charge in [-0.05, 0) is 25.7 Å². The molecule has 1 aliphatic carbocycles. The fraction of sp³-hybridized carbons (Fsp3) is 0.750. The minimum Gasteiger partial charge on any atom is -0.168 e. The van der Waals surface area contributed by atoms with Gasteiger partial charge in [0.05, 0.1) is 0 Å². The molecule has 0 saturated heterocycles. The van der Waals surface area contributed by atoms with Gasteiger partial charge in [0.15, 0.2) is 0 Å². The molecule has 1 atom stereocenters. The molecular weight excluding hydrogens is 128 g/mol. The van der Waals surface area contributed by atoms with Gasteiger partial charge in [0, 0.05) is 4.75 Å². The first-order chi connectivity index (χ1) is 4.27. The number of allylic oxidation sites excluding steroid dienone is 1. The van der Waals surface area contributed by atoms with Crippen molar-refractivity contribution < 1.29 is 0 Å². The largest absolute Gasteiger partial charge is 0.168 e. The van der Waals surface area contributed by atoms with Crippen molar-refractivity contribution in [2.45, 2.75) is 37.4 Å². The van der Waals surface area contributed by atoms with Gasteiger partial charge < -0.3 is 0 Å². The molecular formula is C8H14S. The molecule has 0 aliphatic heterocycles. The zero-order valence-corrected chi connectivity index (χ0v) is 6.82. The summed E-state index contributed by atoms with van der Waals surface area (Å²) in [6.45, 7) is 2.20. The molecule has 9 heavy (non-hydrogen) atoms. The van der Waals surface area contributed by atoms with E-state index in [9.17, 15) is 0 Å². The van der Waals surface area contributed by atoms with Gasteiger partial charge in [-0.1, -0.05) is 19.1 Å². The van der Waals surface area contributed by atoms with Gasteiger partial charge in [-0.2, -0.15) is 12.6 Å². The molecule has 0 spiro atoms. The van der Waals surface area contributed by atoms with Gasteiger partial charge in [-0.15, -0.1) is 0 Å². The minimum absolute atomic E-state index is 0.234. The summed E-state index contributed by atoms with van der Waals surface area (Å²) in [5.74, 6) is 0. The molecule has 0 aromatic heterocycles. The van der Waals surface area contributed by atoms with Crippen molar-refractivity contribution in [1.82, 2.24) is 0 Å². The Labute approximate surface area is 62.8 Å². The summed E-state index contributed by atoms with van der Waals surface area (Å²) in [5.41, 5.74) is 0. The van der Waals surface area contributed by atoms with E-state index >= 15 is 0 Å². The predicted octanol–water partition coefficient (Wildman–Crippen LogP) is 2.81. The molecule has 0 N–H and O–H groups in total. The van der Waals surface area contributed by atoms with E-state index in [4.69, 9.17) is 0 Å². The van der Waals surface area contributed by atoms with Crippen LogP contribution in [-0.2, 0) is 0 Å². The van der Waals surface area contributed by atoms with Crippen LogP contribution in [0.5, 0.6) is 0 Å². The zero-order valence-electron chi connectivity index (χ0n) is 5.93. The molecule has 0 heterocycles. The summed E-state index contributed by atoms with van der Waals surface area (Å²) in [6.07, 6.45) is 9.48. The zero-order chi connectivity index (χ0) is 6.74. The van der Waals surface area contributed by atoms with Gasteiger partial charge in [0.2, 0.25) is 0 Å². The van der Waals surface area contributed by atoms with Gasteiger partial charge in [0.25, 0.3) is 0 Å². The van der Waals surface area contributed by atoms with Crippen LogP contribution >= 0.6 is 12.6 Å². The second-order valence-corrected chi connectivity index (χ2v) is 3.64. The van der Waals surface area contributed by atoms with E-state index in [1.165, 1.54) is 19.3 Å². The summed E-state index contributed by atoms with van der Waals surface area (Å²) in [7, 11) is 0. The predicted molar refractivity (Wildman–Crippen MR) is 45.0 cm³/mol. The highest BCUT2D eigenvalue weighted by atomic mass is 32.1. The third-order valence-corrected chi connectivity index (χ3v) is 2.71. The monoisotopic (exact) mass is 142 g/mol. The molecule has 1 unspecified atom stereocenters. The maximum atomic E-state index is 4.56. The normalized spacial score (nSPS) is 34.9. The van der Waals surface area contributed by atoms with E-state index in [0.29, 0.717) is 0 Å². The molecule has 1 heteroatoms. The van der Waals surface area contributed by atoms with Crippen molar-refractivity contribution in [3.63, 3.8) is 0 Å². The Kier molecular flexibility index (Phi) is 2.23. The Morgan fingerprint density at radius 1 is 1.67 bits per heavy atom. The summed E-state index contributed by atoms with van der Waals surface area (Å²) in [5, 5.41) is 0. The second kappa shape index (κ2) is 2.78. The number of thiol groups is 1. The first-order valence-corrected chi connectivity index (χ1v) is 4.12. The summed E-state index contributed by atoms with van der Waals surface area (Å²) in [6, 6.07) is 0. The number of hydrogen-bond acceptors (Lipinski definition) is 1. The first kappa shape index (κ1) is 7.20. The molecule has 1 rings (SSSR count). The lowest BCUT2D eigenvalue weighted by Crippen LogP contribution is -2.18. The minimum atomic E-state index is 0.234. The van der Waals surface area contributed by atoms with Gasteiger partial charge in [-0.3, -0.25) is 0 Å². The Balaban J connectivity index is 2.56. The highest BCUT2D eigenvalue weighted by molar-refractivity contribution is 7.82. The maximum Gasteiger partial charge on any atom is 0.0306 e. The Hall–Kier alpha value is 0.0900. The van der Waals surface area contributed by atoms with Crippen LogP contribution in [-0.4, -0.2) is 4.75 Å². The maximum absolute atomic E-state index is 4.56. The van der Waals surface area contributed by atoms with Gasteiger partial charge in [-0.25, -0.2) is 0 Å². The molecule has 1 aliphatic rings. The van der Waals surface area contributed by atoms with E-state index < -0.39 is 0 Å². The fourth-order valence-electron chi connectivity index (χ4n) is 1.21. The average molecular weight is 142 g/mol. The van der Waals surface area contributed by atoms with Crippen molar-refractivity contribution in [3.8, 4) is 0 Å². The van der Waals surface area contributed by atoms with Crippen molar-refractivity contribution in [2.75, 3.05) is 0 Å². The van der Waals surface area contributed by atoms with Crippen LogP contribution in [0.15, 0.2) is 12.2 Å². The van der Waals surface area contributed by atoms with Crippen molar-refractivity contribution in [2.24, 2.45) is 0 Å². The van der Waals surface area contributed by atoms with Crippen LogP contribution in [0.2, 0.25) is 0 Å². The van der Waals surface area contributed by atoms with E-state index in [1.807, 2.05) is 0 Å². The van der Waals surface area contributed by atoms with E-state index in [-0.39, 0.29) is 4.75 Å². The number of hydrogen-bond donors (Lipinski definition) is 1. The molecule has 0 fully saturated rings. The average Bonchev–Trinajstić information content (AvgIpc) is 1.90. The molecule has 0 aromatic rings. The quantitative estimate of drug-likeness (QED) is 0.422. The lowest BCUT2D eigenvalue weighted by atomic mass is 9.93. The lowest BCUT2D eigenvalue weighted by molar-refractivity contribution is 0.574. The lowest BCUT2D eigenvalue weighted by Gasteiger charge is -2.25. The molecule has 0 bridgehead atoms. The van der Waals surface area contributed by atoms with E-state index in [0.717, 1.165) is 6.42 Å². The van der Waals surface area contributed by atoms with Crippen LogP contribution in [0.3, 0.4) is 0 Å². The second-order valence-electron chi connectivity index (χ2n) is 2.75. The summed E-state index contributed by atoms with van der Waals surface area (Å²) in [4.78, 5) is 0. The van der Waals surface area contributed by atoms with Crippen molar-refractivity contribution >= 4 is 12.6 Å². The fourth-order valence-corrected chi connectivity index (χ4v) is 1.47. The highest BCUT2D eigenvalue weighted by Gasteiger charge is 2.20. The molecule has 0 aromatic carbocycles.